The van der Waals surface area contributed by atoms with Crippen molar-refractivity contribution in [3.63, 3.8) is 0 Å². The molecule has 0 heterocycles. The molecule has 1 saturated carbocycles. The number of carbonyl (C=O) groups is 1. The maximum Gasteiger partial charge on any atom is 0.417 e. The van der Waals surface area contributed by atoms with Crippen LogP contribution in [0.3, 0.4) is 0 Å². The smallest absolute Gasteiger partial charge is 0.410 e. The van der Waals surface area contributed by atoms with E-state index in [1.165, 1.54) is 12.1 Å². The van der Waals surface area contributed by atoms with Gasteiger partial charge in [0.15, 0.2) is 0 Å². The predicted molar refractivity (Wildman–Crippen MR) is 82.1 cm³/mol. The zero-order valence-electron chi connectivity index (χ0n) is 11.8. The van der Waals surface area contributed by atoms with Gasteiger partial charge >= 0.3 is 6.09 Å². The fourth-order valence-electron chi connectivity index (χ4n) is 1.84. The van der Waals surface area contributed by atoms with Gasteiger partial charge in [0, 0.05) is 11.5 Å². The molecule has 4 heteroatoms. The molecule has 0 atom stereocenters. The molecule has 0 spiro atoms. The standard InChI is InChI=1S/C18H14FNO2/c19-16-11-10-14(9-8-13-6-7-13)12-17(16)20-18(21)22-15-4-2-1-3-5-15/h1-5,10-13H,6-7H2,(H,20,21). The Bertz CT molecular complexity index is 743. The Morgan fingerprint density at radius 3 is 2.68 bits per heavy atom. The van der Waals surface area contributed by atoms with E-state index >= 15 is 0 Å². The molecule has 0 saturated heterocycles. The summed E-state index contributed by atoms with van der Waals surface area (Å²) in [6.07, 6.45) is 1.52. The summed E-state index contributed by atoms with van der Waals surface area (Å²) < 4.78 is 18.8. The predicted octanol–water partition coefficient (Wildman–Crippen LogP) is 4.20. The van der Waals surface area contributed by atoms with Gasteiger partial charge in [0.05, 0.1) is 5.69 Å². The molecule has 0 bridgehead atoms. The third-order valence-electron chi connectivity index (χ3n) is 3.15. The van der Waals surface area contributed by atoms with E-state index in [0.717, 1.165) is 12.8 Å². The number of halogens is 1. The number of ether oxygens (including phenoxy) is 1. The first-order chi connectivity index (χ1) is 10.7. The largest absolute Gasteiger partial charge is 0.417 e. The summed E-state index contributed by atoms with van der Waals surface area (Å²) in [4.78, 5) is 11.8. The molecule has 3 nitrogen and oxygen atoms in total. The second-order valence-electron chi connectivity index (χ2n) is 5.07. The van der Waals surface area contributed by atoms with Crippen molar-refractivity contribution in [2.24, 2.45) is 5.92 Å². The maximum atomic E-state index is 13.8. The Morgan fingerprint density at radius 1 is 1.18 bits per heavy atom. The van der Waals surface area contributed by atoms with E-state index in [-0.39, 0.29) is 5.69 Å². The molecule has 1 amide bonds. The first kappa shape index (κ1) is 14.2. The minimum Gasteiger partial charge on any atom is -0.410 e. The zero-order valence-corrected chi connectivity index (χ0v) is 11.8. The van der Waals surface area contributed by atoms with E-state index in [9.17, 15) is 9.18 Å². The summed E-state index contributed by atoms with van der Waals surface area (Å²) in [5.74, 6) is 6.41. The lowest BCUT2D eigenvalue weighted by molar-refractivity contribution is 0.215. The molecule has 0 unspecified atom stereocenters. The van der Waals surface area contributed by atoms with Crippen molar-refractivity contribution < 1.29 is 13.9 Å². The minimum atomic E-state index is -0.739. The normalized spacial score (nSPS) is 13.0. The molecule has 1 aliphatic rings. The third kappa shape index (κ3) is 3.86. The number of hydrogen-bond donors (Lipinski definition) is 1. The van der Waals surface area contributed by atoms with Crippen LogP contribution >= 0.6 is 0 Å². The molecular formula is C18H14FNO2. The second-order valence-corrected chi connectivity index (χ2v) is 5.07. The van der Waals surface area contributed by atoms with Gasteiger partial charge in [0.25, 0.3) is 0 Å². The van der Waals surface area contributed by atoms with Crippen LogP contribution in [-0.2, 0) is 0 Å². The minimum absolute atomic E-state index is 0.0588. The highest BCUT2D eigenvalue weighted by Crippen LogP contribution is 2.27. The van der Waals surface area contributed by atoms with Crippen molar-refractivity contribution in [2.75, 3.05) is 5.32 Å². The molecule has 0 aliphatic heterocycles. The number of rotatable bonds is 2. The summed E-state index contributed by atoms with van der Waals surface area (Å²) >= 11 is 0. The van der Waals surface area contributed by atoms with Crippen molar-refractivity contribution in [2.45, 2.75) is 12.8 Å². The van der Waals surface area contributed by atoms with Crippen LogP contribution in [0.4, 0.5) is 14.9 Å². The van der Waals surface area contributed by atoms with E-state index in [4.69, 9.17) is 4.74 Å². The van der Waals surface area contributed by atoms with Crippen molar-refractivity contribution in [3.05, 3.63) is 59.9 Å². The molecule has 0 radical (unpaired) electrons. The molecular weight excluding hydrogens is 281 g/mol. The van der Waals surface area contributed by atoms with Gasteiger partial charge in [-0.3, -0.25) is 5.32 Å². The van der Waals surface area contributed by atoms with E-state index in [2.05, 4.69) is 17.2 Å². The molecule has 110 valence electrons. The number of nitrogens with one attached hydrogen (secondary N) is 1. The first-order valence-electron chi connectivity index (χ1n) is 7.06. The van der Waals surface area contributed by atoms with Crippen molar-refractivity contribution in [1.29, 1.82) is 0 Å². The fraction of sp³-hybridized carbons (Fsp3) is 0.167. The van der Waals surface area contributed by atoms with Gasteiger partial charge in [-0.15, -0.1) is 0 Å². The lowest BCUT2D eigenvalue weighted by Gasteiger charge is -2.07. The average Bonchev–Trinajstić information content (AvgIpc) is 3.33. The zero-order chi connectivity index (χ0) is 15.4. The highest BCUT2D eigenvalue weighted by atomic mass is 19.1. The SMILES string of the molecule is O=C(Nc1cc(C#CC2CC2)ccc1F)Oc1ccccc1. The number of carbonyl (C=O) groups excluding carboxylic acids is 1. The lowest BCUT2D eigenvalue weighted by Crippen LogP contribution is -2.17. The van der Waals surface area contributed by atoms with E-state index in [1.54, 1.807) is 30.3 Å². The summed E-state index contributed by atoms with van der Waals surface area (Å²) in [6, 6.07) is 13.0. The Hall–Kier alpha value is -2.80. The monoisotopic (exact) mass is 295 g/mol. The van der Waals surface area contributed by atoms with E-state index in [1.807, 2.05) is 6.07 Å². The van der Waals surface area contributed by atoms with Gasteiger partial charge in [-0.25, -0.2) is 9.18 Å². The van der Waals surface area contributed by atoms with Gasteiger partial charge < -0.3 is 4.74 Å². The van der Waals surface area contributed by atoms with Crippen LogP contribution in [0.15, 0.2) is 48.5 Å². The highest BCUT2D eigenvalue weighted by molar-refractivity contribution is 5.86. The lowest BCUT2D eigenvalue weighted by atomic mass is 10.2. The Kier molecular flexibility index (Phi) is 4.06. The highest BCUT2D eigenvalue weighted by Gasteiger charge is 2.17. The number of benzene rings is 2. The van der Waals surface area contributed by atoms with Crippen molar-refractivity contribution in [1.82, 2.24) is 0 Å². The molecule has 0 aromatic heterocycles. The van der Waals surface area contributed by atoms with Gasteiger partial charge in [-0.05, 0) is 43.2 Å². The Labute approximate surface area is 128 Å². The third-order valence-corrected chi connectivity index (χ3v) is 3.15. The fourth-order valence-corrected chi connectivity index (χ4v) is 1.84. The summed E-state index contributed by atoms with van der Waals surface area (Å²) in [6.45, 7) is 0. The van der Waals surface area contributed by atoms with Crippen LogP contribution in [0.5, 0.6) is 5.75 Å². The van der Waals surface area contributed by atoms with E-state index < -0.39 is 11.9 Å². The van der Waals surface area contributed by atoms with Gasteiger partial charge in [0.1, 0.15) is 11.6 Å². The van der Waals surface area contributed by atoms with Crippen LogP contribution in [0.25, 0.3) is 0 Å². The molecule has 2 aromatic carbocycles. The van der Waals surface area contributed by atoms with Gasteiger partial charge in [-0.2, -0.15) is 0 Å². The molecule has 3 rings (SSSR count). The Morgan fingerprint density at radius 2 is 1.95 bits per heavy atom. The number of hydrogen-bond acceptors (Lipinski definition) is 2. The van der Waals surface area contributed by atoms with Crippen LogP contribution in [0.1, 0.15) is 18.4 Å². The molecule has 1 N–H and O–H groups in total. The van der Waals surface area contributed by atoms with E-state index in [0.29, 0.717) is 17.2 Å². The molecule has 1 fully saturated rings. The Balaban J connectivity index is 1.69. The van der Waals surface area contributed by atoms with Crippen LogP contribution in [0, 0.1) is 23.6 Å². The van der Waals surface area contributed by atoms with Gasteiger partial charge in [-0.1, -0.05) is 30.0 Å². The molecule has 1 aliphatic carbocycles. The summed E-state index contributed by atoms with van der Waals surface area (Å²) in [7, 11) is 0. The summed E-state index contributed by atoms with van der Waals surface area (Å²) in [5.41, 5.74) is 0.729. The van der Waals surface area contributed by atoms with Crippen molar-refractivity contribution >= 4 is 11.8 Å². The maximum absolute atomic E-state index is 13.8. The van der Waals surface area contributed by atoms with Crippen LogP contribution in [-0.4, -0.2) is 6.09 Å². The quantitative estimate of drug-likeness (QED) is 0.843. The second kappa shape index (κ2) is 6.31. The number of amides is 1. The average molecular weight is 295 g/mol. The summed E-state index contributed by atoms with van der Waals surface area (Å²) in [5, 5.41) is 2.40. The topological polar surface area (TPSA) is 38.3 Å². The number of anilines is 1. The van der Waals surface area contributed by atoms with Crippen molar-refractivity contribution in [3.8, 4) is 17.6 Å². The molecule has 22 heavy (non-hydrogen) atoms. The number of para-hydroxylation sites is 1. The molecule has 2 aromatic rings. The van der Waals surface area contributed by atoms with Crippen LogP contribution < -0.4 is 10.1 Å². The first-order valence-corrected chi connectivity index (χ1v) is 7.06. The van der Waals surface area contributed by atoms with Gasteiger partial charge in [0.2, 0.25) is 0 Å². The van der Waals surface area contributed by atoms with Crippen LogP contribution in [0.2, 0.25) is 0 Å².